The molecule has 0 fully saturated rings. The molecule has 0 bridgehead atoms. The Hall–Kier alpha value is -2.11. The molecular formula is C12H16N2O4. The first-order valence-corrected chi connectivity index (χ1v) is 5.66. The van der Waals surface area contributed by atoms with Crippen LogP contribution in [0, 0.1) is 10.1 Å². The predicted molar refractivity (Wildman–Crippen MR) is 68.2 cm³/mol. The van der Waals surface area contributed by atoms with Crippen molar-refractivity contribution in [2.45, 2.75) is 26.8 Å². The molecule has 6 nitrogen and oxygen atoms in total. The second-order valence-electron chi connectivity index (χ2n) is 4.14. The van der Waals surface area contributed by atoms with Crippen LogP contribution in [0.2, 0.25) is 0 Å². The second kappa shape index (κ2) is 5.48. The minimum Gasteiger partial charge on any atom is -0.478 e. The summed E-state index contributed by atoms with van der Waals surface area (Å²) in [6, 6.07) is 4.04. The molecule has 0 saturated heterocycles. The lowest BCUT2D eigenvalue weighted by atomic mass is 10.1. The number of aromatic carboxylic acids is 1. The van der Waals surface area contributed by atoms with Crippen LogP contribution in [-0.4, -0.2) is 28.6 Å². The van der Waals surface area contributed by atoms with Gasteiger partial charge in [0.05, 0.1) is 16.2 Å². The van der Waals surface area contributed by atoms with Crippen molar-refractivity contribution < 1.29 is 14.8 Å². The van der Waals surface area contributed by atoms with E-state index in [2.05, 4.69) is 0 Å². The van der Waals surface area contributed by atoms with Gasteiger partial charge in [0, 0.05) is 24.7 Å². The molecule has 0 heterocycles. The largest absolute Gasteiger partial charge is 0.478 e. The molecular weight excluding hydrogens is 236 g/mol. The number of benzene rings is 1. The topological polar surface area (TPSA) is 83.7 Å². The van der Waals surface area contributed by atoms with E-state index in [0.29, 0.717) is 12.2 Å². The van der Waals surface area contributed by atoms with Crippen LogP contribution < -0.4 is 4.90 Å². The quantitative estimate of drug-likeness (QED) is 0.643. The maximum atomic E-state index is 11.2. The molecule has 0 aliphatic rings. The van der Waals surface area contributed by atoms with E-state index in [1.165, 1.54) is 12.1 Å². The first-order chi connectivity index (χ1) is 8.38. The fourth-order valence-corrected chi connectivity index (χ4v) is 1.87. The summed E-state index contributed by atoms with van der Waals surface area (Å²) >= 11 is 0. The molecule has 0 radical (unpaired) electrons. The van der Waals surface area contributed by atoms with Crippen molar-refractivity contribution in [3.63, 3.8) is 0 Å². The number of rotatable bonds is 5. The summed E-state index contributed by atoms with van der Waals surface area (Å²) < 4.78 is 0. The number of nitro groups is 1. The van der Waals surface area contributed by atoms with Gasteiger partial charge in [0.25, 0.3) is 5.69 Å². The van der Waals surface area contributed by atoms with Gasteiger partial charge in [0.2, 0.25) is 0 Å². The minimum absolute atomic E-state index is 0.0419. The number of non-ortho nitro benzene ring substituents is 1. The summed E-state index contributed by atoms with van der Waals surface area (Å²) in [5.41, 5.74) is 0.251. The smallest absolute Gasteiger partial charge is 0.338 e. The van der Waals surface area contributed by atoms with E-state index in [4.69, 9.17) is 5.11 Å². The highest BCUT2D eigenvalue weighted by Crippen LogP contribution is 2.26. The van der Waals surface area contributed by atoms with Gasteiger partial charge in [-0.3, -0.25) is 10.1 Å². The van der Waals surface area contributed by atoms with E-state index in [-0.39, 0.29) is 17.3 Å². The molecule has 0 unspecified atom stereocenters. The zero-order valence-corrected chi connectivity index (χ0v) is 10.6. The van der Waals surface area contributed by atoms with Crippen molar-refractivity contribution in [2.75, 3.05) is 11.4 Å². The van der Waals surface area contributed by atoms with E-state index in [1.54, 1.807) is 0 Å². The average Bonchev–Trinajstić information content (AvgIpc) is 2.29. The lowest BCUT2D eigenvalue weighted by Gasteiger charge is -2.28. The van der Waals surface area contributed by atoms with Gasteiger partial charge in [-0.2, -0.15) is 0 Å². The molecule has 1 N–H and O–H groups in total. The van der Waals surface area contributed by atoms with Crippen LogP contribution in [0.25, 0.3) is 0 Å². The van der Waals surface area contributed by atoms with Crippen LogP contribution in [0.3, 0.4) is 0 Å². The summed E-state index contributed by atoms with van der Waals surface area (Å²) in [5.74, 6) is -1.16. The Morgan fingerprint density at radius 2 is 2.11 bits per heavy atom. The highest BCUT2D eigenvalue weighted by Gasteiger charge is 2.20. The number of carbonyl (C=O) groups is 1. The summed E-state index contributed by atoms with van der Waals surface area (Å²) in [7, 11) is 0. The molecule has 0 spiro atoms. The number of carboxylic acid groups (broad SMARTS) is 1. The zero-order valence-electron chi connectivity index (χ0n) is 10.6. The van der Waals surface area contributed by atoms with Crippen molar-refractivity contribution in [1.82, 2.24) is 0 Å². The lowest BCUT2D eigenvalue weighted by Crippen LogP contribution is -2.31. The molecule has 0 saturated carbocycles. The van der Waals surface area contributed by atoms with E-state index < -0.39 is 10.9 Å². The van der Waals surface area contributed by atoms with Crippen LogP contribution in [-0.2, 0) is 0 Å². The third kappa shape index (κ3) is 2.77. The third-order valence-corrected chi connectivity index (χ3v) is 2.69. The number of hydrogen-bond acceptors (Lipinski definition) is 4. The van der Waals surface area contributed by atoms with Gasteiger partial charge in [-0.05, 0) is 26.8 Å². The summed E-state index contributed by atoms with van der Waals surface area (Å²) in [4.78, 5) is 23.1. The van der Waals surface area contributed by atoms with Crippen molar-refractivity contribution in [3.8, 4) is 0 Å². The van der Waals surface area contributed by atoms with Crippen LogP contribution in [0.4, 0.5) is 11.4 Å². The number of carboxylic acids is 1. The van der Waals surface area contributed by atoms with Crippen molar-refractivity contribution in [2.24, 2.45) is 0 Å². The van der Waals surface area contributed by atoms with Gasteiger partial charge in [-0.25, -0.2) is 4.79 Å². The van der Waals surface area contributed by atoms with E-state index >= 15 is 0 Å². The van der Waals surface area contributed by atoms with E-state index in [1.807, 2.05) is 25.7 Å². The molecule has 0 aromatic heterocycles. The number of hydrogen-bond donors (Lipinski definition) is 1. The van der Waals surface area contributed by atoms with Gasteiger partial charge in [-0.15, -0.1) is 0 Å². The molecule has 98 valence electrons. The number of anilines is 1. The molecule has 1 aromatic carbocycles. The van der Waals surface area contributed by atoms with Crippen LogP contribution in [0.5, 0.6) is 0 Å². The predicted octanol–water partition coefficient (Wildman–Crippen LogP) is 2.53. The first kappa shape index (κ1) is 14.0. The molecule has 0 aliphatic carbocycles. The van der Waals surface area contributed by atoms with E-state index in [0.717, 1.165) is 6.07 Å². The Morgan fingerprint density at radius 3 is 2.50 bits per heavy atom. The van der Waals surface area contributed by atoms with Gasteiger partial charge >= 0.3 is 5.97 Å². The summed E-state index contributed by atoms with van der Waals surface area (Å²) in [6.45, 7) is 6.43. The monoisotopic (exact) mass is 252 g/mol. The third-order valence-electron chi connectivity index (χ3n) is 2.69. The van der Waals surface area contributed by atoms with Crippen molar-refractivity contribution in [1.29, 1.82) is 0 Å². The molecule has 1 aromatic rings. The van der Waals surface area contributed by atoms with Crippen LogP contribution >= 0.6 is 0 Å². The Morgan fingerprint density at radius 1 is 1.50 bits per heavy atom. The molecule has 0 aliphatic heterocycles. The summed E-state index contributed by atoms with van der Waals surface area (Å²) in [6.07, 6.45) is 0. The molecule has 0 atom stereocenters. The van der Waals surface area contributed by atoms with E-state index in [9.17, 15) is 14.9 Å². The maximum absolute atomic E-state index is 11.2. The Labute approximate surface area is 105 Å². The Bertz CT molecular complexity index is 471. The standard InChI is InChI=1S/C12H16N2O4/c1-4-13(8(2)3)11-6-5-9(14(17)18)7-10(11)12(15)16/h5-8H,4H2,1-3H3,(H,15,16). The lowest BCUT2D eigenvalue weighted by molar-refractivity contribution is -0.384. The normalized spacial score (nSPS) is 10.4. The van der Waals surface area contributed by atoms with Crippen LogP contribution in [0.15, 0.2) is 18.2 Å². The minimum atomic E-state index is -1.16. The SMILES string of the molecule is CCN(c1ccc([N+](=O)[O-])cc1C(=O)O)C(C)C. The number of nitrogens with zero attached hydrogens (tertiary/aromatic N) is 2. The molecule has 18 heavy (non-hydrogen) atoms. The van der Waals surface area contributed by atoms with Crippen molar-refractivity contribution >= 4 is 17.3 Å². The van der Waals surface area contributed by atoms with Gasteiger partial charge in [0.15, 0.2) is 0 Å². The second-order valence-corrected chi connectivity index (χ2v) is 4.14. The Balaban J connectivity index is 3.35. The highest BCUT2D eigenvalue weighted by atomic mass is 16.6. The van der Waals surface area contributed by atoms with Crippen LogP contribution in [0.1, 0.15) is 31.1 Å². The molecule has 0 amide bonds. The Kier molecular flexibility index (Phi) is 4.25. The number of nitro benzene ring substituents is 1. The van der Waals surface area contributed by atoms with Gasteiger partial charge < -0.3 is 10.0 Å². The van der Waals surface area contributed by atoms with Gasteiger partial charge in [-0.1, -0.05) is 0 Å². The first-order valence-electron chi connectivity index (χ1n) is 5.66. The molecule has 1 rings (SSSR count). The van der Waals surface area contributed by atoms with Gasteiger partial charge in [0.1, 0.15) is 0 Å². The fourth-order valence-electron chi connectivity index (χ4n) is 1.87. The highest BCUT2D eigenvalue weighted by molar-refractivity contribution is 5.95. The summed E-state index contributed by atoms with van der Waals surface area (Å²) in [5, 5.41) is 19.8. The maximum Gasteiger partial charge on any atom is 0.338 e. The van der Waals surface area contributed by atoms with Crippen molar-refractivity contribution in [3.05, 3.63) is 33.9 Å². The zero-order chi connectivity index (χ0) is 13.9. The average molecular weight is 252 g/mol. The molecule has 6 heteroatoms. The fraction of sp³-hybridized carbons (Fsp3) is 0.417.